The Labute approximate surface area is 300 Å². The van der Waals surface area contributed by atoms with E-state index in [1.54, 1.807) is 12.1 Å². The molecule has 4 heterocycles. The zero-order chi connectivity index (χ0) is 35.4. The quantitative estimate of drug-likeness (QED) is 0.134. The van der Waals surface area contributed by atoms with Gasteiger partial charge in [0.05, 0.1) is 52.8 Å². The number of halogens is 4. The normalized spacial score (nSPS) is 22.1. The summed E-state index contributed by atoms with van der Waals surface area (Å²) in [7, 11) is 0. The SMILES string of the molecule is [C-]#[N+]COc1cc(N2CCOCC2)c(F)cc1NCC#Cc1sc2c(NC3CCC(N4CC5(CCOCC5)C4)CC3)cccc2c1CC(F)(F)F. The van der Waals surface area contributed by atoms with E-state index >= 15 is 4.39 Å². The zero-order valence-electron chi connectivity index (χ0n) is 28.5. The van der Waals surface area contributed by atoms with E-state index in [2.05, 4.69) is 32.2 Å². The second kappa shape index (κ2) is 15.5. The molecule has 1 spiro atoms. The highest BCUT2D eigenvalue weighted by Crippen LogP contribution is 2.44. The summed E-state index contributed by atoms with van der Waals surface area (Å²) in [6, 6.07) is 9.22. The van der Waals surface area contributed by atoms with Crippen molar-refractivity contribution in [2.75, 3.05) is 81.4 Å². The van der Waals surface area contributed by atoms with Gasteiger partial charge in [-0.15, -0.1) is 11.3 Å². The predicted molar refractivity (Wildman–Crippen MR) is 192 cm³/mol. The predicted octanol–water partition coefficient (Wildman–Crippen LogP) is 7.54. The van der Waals surface area contributed by atoms with Crippen LogP contribution in [-0.2, 0) is 15.9 Å². The van der Waals surface area contributed by atoms with E-state index in [0.29, 0.717) is 65.1 Å². The number of benzene rings is 2. The second-order valence-electron chi connectivity index (χ2n) is 14.0. The first kappa shape index (κ1) is 35.6. The molecule has 7 rings (SSSR count). The maximum absolute atomic E-state index is 15.2. The lowest BCUT2D eigenvalue weighted by Gasteiger charge is -2.56. The van der Waals surface area contributed by atoms with Crippen LogP contribution in [0.15, 0.2) is 30.3 Å². The molecule has 0 amide bonds. The third kappa shape index (κ3) is 8.33. The molecule has 4 fully saturated rings. The van der Waals surface area contributed by atoms with Crippen LogP contribution in [0.25, 0.3) is 14.9 Å². The van der Waals surface area contributed by atoms with Crippen LogP contribution in [0.2, 0.25) is 0 Å². The molecule has 3 aromatic rings. The number of thiophene rings is 1. The zero-order valence-corrected chi connectivity index (χ0v) is 29.4. The Hall–Kier alpha value is -3.75. The van der Waals surface area contributed by atoms with Gasteiger partial charge >= 0.3 is 12.9 Å². The molecule has 0 unspecified atom stereocenters. The van der Waals surface area contributed by atoms with Crippen molar-refractivity contribution in [1.82, 2.24) is 4.90 Å². The largest absolute Gasteiger partial charge is 0.424 e. The fraction of sp³-hybridized carbons (Fsp3) is 0.553. The van der Waals surface area contributed by atoms with E-state index in [-0.39, 0.29) is 24.9 Å². The van der Waals surface area contributed by atoms with Crippen molar-refractivity contribution in [3.63, 3.8) is 0 Å². The number of fused-ring (bicyclic) bond motifs is 1. The minimum Gasteiger partial charge on any atom is -0.424 e. The Morgan fingerprint density at radius 3 is 2.49 bits per heavy atom. The minimum atomic E-state index is -4.40. The monoisotopic (exact) mass is 725 g/mol. The first-order chi connectivity index (χ1) is 24.7. The van der Waals surface area contributed by atoms with Crippen LogP contribution in [0.1, 0.15) is 49.0 Å². The molecule has 1 aromatic heterocycles. The van der Waals surface area contributed by atoms with Crippen LogP contribution in [0.5, 0.6) is 5.75 Å². The van der Waals surface area contributed by atoms with Gasteiger partial charge < -0.3 is 29.7 Å². The van der Waals surface area contributed by atoms with Gasteiger partial charge in [0, 0.05) is 69.0 Å². The summed E-state index contributed by atoms with van der Waals surface area (Å²) in [5, 5.41) is 7.28. The van der Waals surface area contributed by atoms with E-state index in [9.17, 15) is 13.2 Å². The van der Waals surface area contributed by atoms with Crippen molar-refractivity contribution in [3.05, 3.63) is 58.0 Å². The standard InChI is InChI=1S/C38H43F4N5O3S/c1-43-25-50-34-21-33(46-14-18-49-19-15-46)30(39)20-32(34)44-13-3-6-35-29(22-38(40,41)42)28-4-2-5-31(36(28)51-35)45-26-7-9-27(10-8-26)47-23-37(24-47)11-16-48-17-12-37/h2,4-5,20-21,26-27,44-45H,7-19,22-25H2. The van der Waals surface area contributed by atoms with Gasteiger partial charge in [0.2, 0.25) is 0 Å². The van der Waals surface area contributed by atoms with E-state index in [0.717, 1.165) is 62.1 Å². The van der Waals surface area contributed by atoms with Gasteiger partial charge in [0.1, 0.15) is 5.82 Å². The summed E-state index contributed by atoms with van der Waals surface area (Å²) in [4.78, 5) is 8.12. The molecule has 1 aliphatic carbocycles. The minimum absolute atomic E-state index is 0.0324. The van der Waals surface area contributed by atoms with E-state index in [1.165, 1.54) is 30.5 Å². The number of alkyl halides is 3. The number of anilines is 3. The number of ether oxygens (including phenoxy) is 3. The van der Waals surface area contributed by atoms with Gasteiger partial charge in [0.25, 0.3) is 0 Å². The lowest BCUT2D eigenvalue weighted by molar-refractivity contribution is -0.126. The number of rotatable bonds is 9. The van der Waals surface area contributed by atoms with Crippen LogP contribution in [0.4, 0.5) is 34.6 Å². The lowest BCUT2D eigenvalue weighted by atomic mass is 9.71. The van der Waals surface area contributed by atoms with Crippen LogP contribution in [0.3, 0.4) is 0 Å². The number of likely N-dealkylation sites (tertiary alicyclic amines) is 1. The third-order valence-electron chi connectivity index (χ3n) is 10.7. The second-order valence-corrected chi connectivity index (χ2v) is 15.1. The van der Waals surface area contributed by atoms with E-state index in [4.69, 9.17) is 20.8 Å². The van der Waals surface area contributed by atoms with E-state index in [1.807, 2.05) is 17.0 Å². The van der Waals surface area contributed by atoms with Crippen molar-refractivity contribution in [2.24, 2.45) is 5.41 Å². The van der Waals surface area contributed by atoms with Gasteiger partial charge in [-0.3, -0.25) is 9.74 Å². The molecule has 2 N–H and O–H groups in total. The first-order valence-corrected chi connectivity index (χ1v) is 18.6. The highest BCUT2D eigenvalue weighted by molar-refractivity contribution is 7.20. The summed E-state index contributed by atoms with van der Waals surface area (Å²) >= 11 is 1.28. The van der Waals surface area contributed by atoms with Gasteiger partial charge in [-0.05, 0) is 55.5 Å². The average molecular weight is 726 g/mol. The van der Waals surface area contributed by atoms with Gasteiger partial charge in [-0.2, -0.15) is 13.2 Å². The average Bonchev–Trinajstić information content (AvgIpc) is 3.46. The molecule has 4 aliphatic rings. The van der Waals surface area contributed by atoms with Crippen LogP contribution in [0, 0.1) is 29.6 Å². The molecule has 272 valence electrons. The highest BCUT2D eigenvalue weighted by Gasteiger charge is 2.46. The van der Waals surface area contributed by atoms with Crippen molar-refractivity contribution in [1.29, 1.82) is 0 Å². The smallest absolute Gasteiger partial charge is 0.393 e. The molecule has 0 radical (unpaired) electrons. The van der Waals surface area contributed by atoms with Crippen molar-refractivity contribution >= 4 is 38.5 Å². The van der Waals surface area contributed by atoms with Crippen molar-refractivity contribution < 1.29 is 31.8 Å². The van der Waals surface area contributed by atoms with Crippen LogP contribution in [-0.4, -0.2) is 89.0 Å². The molecule has 0 atom stereocenters. The molecule has 3 aliphatic heterocycles. The molecule has 2 aromatic carbocycles. The topological polar surface area (TPSA) is 62.6 Å². The summed E-state index contributed by atoms with van der Waals surface area (Å²) in [5.41, 5.74) is 2.14. The Morgan fingerprint density at radius 2 is 1.76 bits per heavy atom. The lowest BCUT2D eigenvalue weighted by Crippen LogP contribution is -2.62. The highest BCUT2D eigenvalue weighted by atomic mass is 32.1. The number of nitrogens with one attached hydrogen (secondary N) is 2. The molecule has 51 heavy (non-hydrogen) atoms. The molecule has 13 heteroatoms. The summed E-state index contributed by atoms with van der Waals surface area (Å²) in [6.07, 6.45) is 1.09. The number of hydrogen-bond acceptors (Lipinski definition) is 8. The molecule has 1 saturated carbocycles. The maximum atomic E-state index is 15.2. The van der Waals surface area contributed by atoms with Crippen LogP contribution >= 0.6 is 11.3 Å². The summed E-state index contributed by atoms with van der Waals surface area (Å²) in [5.74, 6) is 5.77. The van der Waals surface area contributed by atoms with Crippen molar-refractivity contribution in [2.45, 2.75) is 63.2 Å². The Morgan fingerprint density at radius 1 is 1.02 bits per heavy atom. The Bertz CT molecular complexity index is 1790. The van der Waals surface area contributed by atoms with E-state index < -0.39 is 18.4 Å². The third-order valence-corrected chi connectivity index (χ3v) is 11.8. The fourth-order valence-corrected chi connectivity index (χ4v) is 9.14. The molecular weight excluding hydrogens is 683 g/mol. The summed E-state index contributed by atoms with van der Waals surface area (Å²) in [6.45, 7) is 13.0. The molecule has 8 nitrogen and oxygen atoms in total. The molecule has 3 saturated heterocycles. The maximum Gasteiger partial charge on any atom is 0.393 e. The fourth-order valence-electron chi connectivity index (χ4n) is 7.97. The molecule has 0 bridgehead atoms. The Balaban J connectivity index is 1.04. The van der Waals surface area contributed by atoms with Gasteiger partial charge in [-0.25, -0.2) is 11.0 Å². The summed E-state index contributed by atoms with van der Waals surface area (Å²) < 4.78 is 74.1. The number of hydrogen-bond donors (Lipinski definition) is 2. The van der Waals surface area contributed by atoms with Gasteiger partial charge in [0.15, 0.2) is 5.75 Å². The van der Waals surface area contributed by atoms with Crippen molar-refractivity contribution in [3.8, 4) is 17.6 Å². The number of nitrogens with zero attached hydrogens (tertiary/aromatic N) is 3. The van der Waals surface area contributed by atoms with Gasteiger partial charge in [-0.1, -0.05) is 24.0 Å². The van der Waals surface area contributed by atoms with Crippen LogP contribution < -0.4 is 20.3 Å². The first-order valence-electron chi connectivity index (χ1n) is 17.7. The molecular formula is C38H43F4N5O3S. The number of morpholine rings is 1. The Kier molecular flexibility index (Phi) is 10.8.